The van der Waals surface area contributed by atoms with Crippen LogP contribution in [-0.2, 0) is 4.74 Å². The molecule has 0 rings (SSSR count). The Hall–Kier alpha value is -0.460. The first-order valence-electron chi connectivity index (χ1n) is 4.35. The SMILES string of the molecule is CCC(C)=COC(C)(C)CC. The van der Waals surface area contributed by atoms with Crippen molar-refractivity contribution in [2.75, 3.05) is 0 Å². The van der Waals surface area contributed by atoms with Gasteiger partial charge in [-0.15, -0.1) is 0 Å². The molecule has 11 heavy (non-hydrogen) atoms. The van der Waals surface area contributed by atoms with Gasteiger partial charge >= 0.3 is 0 Å². The minimum atomic E-state index is -0.00354. The van der Waals surface area contributed by atoms with Crippen molar-refractivity contribution in [2.24, 2.45) is 0 Å². The topological polar surface area (TPSA) is 9.23 Å². The number of ether oxygens (including phenoxy) is 1. The predicted octanol–water partition coefficient (Wildman–Crippen LogP) is 3.51. The average molecular weight is 156 g/mol. The molecule has 1 nitrogen and oxygen atoms in total. The van der Waals surface area contributed by atoms with E-state index in [1.807, 2.05) is 6.26 Å². The molecule has 66 valence electrons. The fourth-order valence-electron chi connectivity index (χ4n) is 0.427. The van der Waals surface area contributed by atoms with Gasteiger partial charge < -0.3 is 4.74 Å². The summed E-state index contributed by atoms with van der Waals surface area (Å²) in [5, 5.41) is 0. The zero-order chi connectivity index (χ0) is 8.91. The van der Waals surface area contributed by atoms with Gasteiger partial charge in [0.05, 0.1) is 6.26 Å². The van der Waals surface area contributed by atoms with Crippen molar-refractivity contribution in [3.8, 4) is 0 Å². The summed E-state index contributed by atoms with van der Waals surface area (Å²) in [7, 11) is 0. The lowest BCUT2D eigenvalue weighted by Crippen LogP contribution is -2.20. The Bertz CT molecular complexity index is 134. The lowest BCUT2D eigenvalue weighted by Gasteiger charge is -2.22. The van der Waals surface area contributed by atoms with Crippen LogP contribution in [0.4, 0.5) is 0 Å². The lowest BCUT2D eigenvalue weighted by atomic mass is 10.1. The van der Waals surface area contributed by atoms with Crippen LogP contribution in [0.5, 0.6) is 0 Å². The van der Waals surface area contributed by atoms with Gasteiger partial charge in [0.25, 0.3) is 0 Å². The Morgan fingerprint density at radius 2 is 1.91 bits per heavy atom. The molecular weight excluding hydrogens is 136 g/mol. The summed E-state index contributed by atoms with van der Waals surface area (Å²) in [4.78, 5) is 0. The van der Waals surface area contributed by atoms with E-state index in [2.05, 4.69) is 34.6 Å². The maximum absolute atomic E-state index is 5.57. The van der Waals surface area contributed by atoms with Crippen LogP contribution in [-0.4, -0.2) is 5.60 Å². The van der Waals surface area contributed by atoms with E-state index in [0.717, 1.165) is 12.8 Å². The van der Waals surface area contributed by atoms with Gasteiger partial charge in [-0.1, -0.05) is 13.8 Å². The monoisotopic (exact) mass is 156 g/mol. The van der Waals surface area contributed by atoms with Crippen molar-refractivity contribution in [2.45, 2.75) is 53.1 Å². The van der Waals surface area contributed by atoms with E-state index < -0.39 is 0 Å². The third-order valence-corrected chi connectivity index (χ3v) is 1.99. The summed E-state index contributed by atoms with van der Waals surface area (Å²) >= 11 is 0. The molecule has 0 aromatic rings. The Morgan fingerprint density at radius 1 is 1.36 bits per heavy atom. The van der Waals surface area contributed by atoms with E-state index in [1.165, 1.54) is 5.57 Å². The second kappa shape index (κ2) is 4.42. The Labute approximate surface area is 70.4 Å². The van der Waals surface area contributed by atoms with Crippen LogP contribution in [0.1, 0.15) is 47.5 Å². The standard InChI is InChI=1S/C10H20O/c1-6-9(3)8-11-10(4,5)7-2/h8H,6-7H2,1-5H3. The van der Waals surface area contributed by atoms with Gasteiger partial charge in [0, 0.05) is 0 Å². The summed E-state index contributed by atoms with van der Waals surface area (Å²) in [5.41, 5.74) is 1.29. The van der Waals surface area contributed by atoms with Crippen molar-refractivity contribution < 1.29 is 4.74 Å². The molecule has 0 saturated heterocycles. The van der Waals surface area contributed by atoms with E-state index >= 15 is 0 Å². The molecule has 0 saturated carbocycles. The summed E-state index contributed by atoms with van der Waals surface area (Å²) in [6.45, 7) is 10.6. The van der Waals surface area contributed by atoms with Crippen LogP contribution in [0, 0.1) is 0 Å². The third kappa shape index (κ3) is 4.88. The zero-order valence-electron chi connectivity index (χ0n) is 8.40. The van der Waals surface area contributed by atoms with Crippen LogP contribution in [0.3, 0.4) is 0 Å². The van der Waals surface area contributed by atoms with Crippen LogP contribution in [0.25, 0.3) is 0 Å². The van der Waals surface area contributed by atoms with Crippen LogP contribution < -0.4 is 0 Å². The molecule has 0 aliphatic carbocycles. The van der Waals surface area contributed by atoms with Crippen molar-refractivity contribution in [1.82, 2.24) is 0 Å². The second-order valence-corrected chi connectivity index (χ2v) is 3.55. The quantitative estimate of drug-likeness (QED) is 0.566. The van der Waals surface area contributed by atoms with Gasteiger partial charge in [-0.05, 0) is 39.2 Å². The molecule has 0 fully saturated rings. The fraction of sp³-hybridized carbons (Fsp3) is 0.800. The van der Waals surface area contributed by atoms with Gasteiger partial charge in [-0.3, -0.25) is 0 Å². The normalized spacial score (nSPS) is 13.4. The lowest BCUT2D eigenvalue weighted by molar-refractivity contribution is 0.0525. The molecule has 1 heteroatoms. The molecule has 0 N–H and O–H groups in total. The highest BCUT2D eigenvalue weighted by Crippen LogP contribution is 2.15. The van der Waals surface area contributed by atoms with Crippen molar-refractivity contribution >= 4 is 0 Å². The highest BCUT2D eigenvalue weighted by molar-refractivity contribution is 4.92. The van der Waals surface area contributed by atoms with E-state index in [9.17, 15) is 0 Å². The first-order valence-corrected chi connectivity index (χ1v) is 4.35. The van der Waals surface area contributed by atoms with Crippen LogP contribution >= 0.6 is 0 Å². The Morgan fingerprint density at radius 3 is 2.27 bits per heavy atom. The minimum Gasteiger partial charge on any atom is -0.496 e. The fourth-order valence-corrected chi connectivity index (χ4v) is 0.427. The molecule has 0 aromatic carbocycles. The van der Waals surface area contributed by atoms with Crippen molar-refractivity contribution in [3.05, 3.63) is 11.8 Å². The number of allylic oxidation sites excluding steroid dienone is 1. The Balaban J connectivity index is 3.86. The van der Waals surface area contributed by atoms with Crippen molar-refractivity contribution in [3.63, 3.8) is 0 Å². The predicted molar refractivity (Wildman–Crippen MR) is 49.5 cm³/mol. The van der Waals surface area contributed by atoms with E-state index in [0.29, 0.717) is 0 Å². The van der Waals surface area contributed by atoms with Crippen molar-refractivity contribution in [1.29, 1.82) is 0 Å². The van der Waals surface area contributed by atoms with E-state index in [1.54, 1.807) is 0 Å². The molecule has 0 bridgehead atoms. The molecule has 0 radical (unpaired) electrons. The summed E-state index contributed by atoms with van der Waals surface area (Å²) < 4.78 is 5.57. The van der Waals surface area contributed by atoms with Gasteiger partial charge in [-0.2, -0.15) is 0 Å². The van der Waals surface area contributed by atoms with E-state index in [4.69, 9.17) is 4.74 Å². The molecule has 0 heterocycles. The molecule has 0 aliphatic rings. The molecular formula is C10H20O. The molecule has 0 aromatic heterocycles. The molecule has 0 unspecified atom stereocenters. The molecule has 0 spiro atoms. The second-order valence-electron chi connectivity index (χ2n) is 3.55. The van der Waals surface area contributed by atoms with Crippen LogP contribution in [0.2, 0.25) is 0 Å². The van der Waals surface area contributed by atoms with Gasteiger partial charge in [0.2, 0.25) is 0 Å². The van der Waals surface area contributed by atoms with Gasteiger partial charge in [0.1, 0.15) is 5.60 Å². The first kappa shape index (κ1) is 10.5. The first-order chi connectivity index (χ1) is 5.02. The van der Waals surface area contributed by atoms with Gasteiger partial charge in [-0.25, -0.2) is 0 Å². The molecule has 0 amide bonds. The van der Waals surface area contributed by atoms with Crippen LogP contribution in [0.15, 0.2) is 11.8 Å². The number of rotatable bonds is 4. The Kier molecular flexibility index (Phi) is 4.24. The smallest absolute Gasteiger partial charge is 0.102 e. The zero-order valence-corrected chi connectivity index (χ0v) is 8.40. The largest absolute Gasteiger partial charge is 0.496 e. The molecule has 0 atom stereocenters. The maximum Gasteiger partial charge on any atom is 0.102 e. The third-order valence-electron chi connectivity index (χ3n) is 1.99. The summed E-state index contributed by atoms with van der Waals surface area (Å²) in [6, 6.07) is 0. The number of hydrogen-bond acceptors (Lipinski definition) is 1. The van der Waals surface area contributed by atoms with Gasteiger partial charge in [0.15, 0.2) is 0 Å². The highest BCUT2D eigenvalue weighted by Gasteiger charge is 2.13. The minimum absolute atomic E-state index is 0.00354. The summed E-state index contributed by atoms with van der Waals surface area (Å²) in [6.07, 6.45) is 3.99. The molecule has 0 aliphatic heterocycles. The number of hydrogen-bond donors (Lipinski definition) is 0. The summed E-state index contributed by atoms with van der Waals surface area (Å²) in [5.74, 6) is 0. The maximum atomic E-state index is 5.57. The highest BCUT2D eigenvalue weighted by atomic mass is 16.5. The average Bonchev–Trinajstić information content (AvgIpc) is 2.00. The van der Waals surface area contributed by atoms with E-state index in [-0.39, 0.29) is 5.60 Å².